The first-order chi connectivity index (χ1) is 9.99. The average molecular weight is 310 g/mol. The third kappa shape index (κ3) is 4.11. The average Bonchev–Trinajstić information content (AvgIpc) is 2.90. The lowest BCUT2D eigenvalue weighted by Crippen LogP contribution is -2.28. The molecule has 1 unspecified atom stereocenters. The minimum absolute atomic E-state index is 0.0551. The number of halogens is 1. The van der Waals surface area contributed by atoms with Gasteiger partial charge in [-0.15, -0.1) is 0 Å². The van der Waals surface area contributed by atoms with Gasteiger partial charge in [-0.1, -0.05) is 31.5 Å². The summed E-state index contributed by atoms with van der Waals surface area (Å²) in [7, 11) is 0. The lowest BCUT2D eigenvalue weighted by molar-refractivity contribution is -0.121. The number of carbonyl (C=O) groups excluding carboxylic acids is 1. The largest absolute Gasteiger partial charge is 0.370 e. The molecular weight excluding hydrogens is 286 g/mol. The number of nitrogens with zero attached hydrogens (tertiary/aromatic N) is 1. The van der Waals surface area contributed by atoms with E-state index in [1.807, 2.05) is 12.1 Å². The zero-order valence-corrected chi connectivity index (χ0v) is 13.5. The minimum atomic E-state index is -0.209. The SMILES string of the molecule is CC(C)CNCc1c(Cl)cccc1N1CCC(C(N)=O)C1. The van der Waals surface area contributed by atoms with E-state index in [-0.39, 0.29) is 11.8 Å². The van der Waals surface area contributed by atoms with Crippen LogP contribution in [-0.4, -0.2) is 25.5 Å². The maximum Gasteiger partial charge on any atom is 0.222 e. The molecule has 116 valence electrons. The zero-order valence-electron chi connectivity index (χ0n) is 12.7. The molecule has 1 aromatic carbocycles. The maximum absolute atomic E-state index is 11.3. The minimum Gasteiger partial charge on any atom is -0.370 e. The molecule has 5 heteroatoms. The van der Waals surface area contributed by atoms with Crippen molar-refractivity contribution in [3.05, 3.63) is 28.8 Å². The second-order valence-electron chi connectivity index (χ2n) is 6.10. The molecule has 1 atom stereocenters. The second kappa shape index (κ2) is 7.14. The van der Waals surface area contributed by atoms with Gasteiger partial charge in [0.05, 0.1) is 5.92 Å². The summed E-state index contributed by atoms with van der Waals surface area (Å²) in [6.07, 6.45) is 0.820. The lowest BCUT2D eigenvalue weighted by atomic mass is 10.1. The number of primary amides is 1. The molecule has 0 spiro atoms. The standard InChI is InChI=1S/C16H24ClN3O/c1-11(2)8-19-9-13-14(17)4-3-5-15(13)20-7-6-12(10-20)16(18)21/h3-5,11-12,19H,6-10H2,1-2H3,(H2,18,21). The number of nitrogens with two attached hydrogens (primary N) is 1. The Morgan fingerprint density at radius 3 is 2.90 bits per heavy atom. The number of hydrogen-bond acceptors (Lipinski definition) is 3. The fraction of sp³-hybridized carbons (Fsp3) is 0.562. The summed E-state index contributed by atoms with van der Waals surface area (Å²) in [6, 6.07) is 5.95. The van der Waals surface area contributed by atoms with Crippen LogP contribution in [-0.2, 0) is 11.3 Å². The van der Waals surface area contributed by atoms with Crippen LogP contribution in [0.25, 0.3) is 0 Å². The Labute approximate surface area is 131 Å². The van der Waals surface area contributed by atoms with Gasteiger partial charge in [0.15, 0.2) is 0 Å². The van der Waals surface area contributed by atoms with Gasteiger partial charge in [-0.05, 0) is 31.0 Å². The molecule has 0 saturated carbocycles. The van der Waals surface area contributed by atoms with Crippen molar-refractivity contribution in [2.75, 3.05) is 24.5 Å². The highest BCUT2D eigenvalue weighted by Gasteiger charge is 2.28. The highest BCUT2D eigenvalue weighted by molar-refractivity contribution is 6.31. The second-order valence-corrected chi connectivity index (χ2v) is 6.50. The number of rotatable bonds is 6. The van der Waals surface area contributed by atoms with Crippen LogP contribution >= 0.6 is 11.6 Å². The Kier molecular flexibility index (Phi) is 5.48. The van der Waals surface area contributed by atoms with Gasteiger partial charge < -0.3 is 16.0 Å². The Balaban J connectivity index is 2.12. The topological polar surface area (TPSA) is 58.4 Å². The molecule has 1 saturated heterocycles. The highest BCUT2D eigenvalue weighted by atomic mass is 35.5. The quantitative estimate of drug-likeness (QED) is 0.848. The van der Waals surface area contributed by atoms with E-state index in [4.69, 9.17) is 17.3 Å². The summed E-state index contributed by atoms with van der Waals surface area (Å²) in [6.45, 7) is 7.59. The van der Waals surface area contributed by atoms with Crippen LogP contribution in [0.1, 0.15) is 25.8 Å². The monoisotopic (exact) mass is 309 g/mol. The summed E-state index contributed by atoms with van der Waals surface area (Å²) >= 11 is 6.36. The third-order valence-electron chi connectivity index (χ3n) is 3.88. The molecule has 1 aliphatic heterocycles. The molecule has 1 amide bonds. The molecule has 1 aliphatic rings. The summed E-state index contributed by atoms with van der Waals surface area (Å²) in [5.41, 5.74) is 7.63. The van der Waals surface area contributed by atoms with Crippen LogP contribution in [0.5, 0.6) is 0 Å². The Morgan fingerprint density at radius 1 is 1.52 bits per heavy atom. The number of carbonyl (C=O) groups is 1. The first-order valence-electron chi connectivity index (χ1n) is 7.51. The predicted octanol–water partition coefficient (Wildman–Crippen LogP) is 2.40. The lowest BCUT2D eigenvalue weighted by Gasteiger charge is -2.23. The van der Waals surface area contributed by atoms with Gasteiger partial charge in [-0.3, -0.25) is 4.79 Å². The molecule has 4 nitrogen and oxygen atoms in total. The van der Waals surface area contributed by atoms with E-state index >= 15 is 0 Å². The number of nitrogens with one attached hydrogen (secondary N) is 1. The molecule has 0 bridgehead atoms. The number of anilines is 1. The third-order valence-corrected chi connectivity index (χ3v) is 4.23. The van der Waals surface area contributed by atoms with Crippen LogP contribution < -0.4 is 16.0 Å². The molecule has 0 radical (unpaired) electrons. The van der Waals surface area contributed by atoms with Gasteiger partial charge in [-0.2, -0.15) is 0 Å². The first-order valence-corrected chi connectivity index (χ1v) is 7.89. The predicted molar refractivity (Wildman–Crippen MR) is 87.5 cm³/mol. The summed E-state index contributed by atoms with van der Waals surface area (Å²) in [4.78, 5) is 13.6. The molecule has 1 aromatic rings. The van der Waals surface area contributed by atoms with Gasteiger partial charge in [-0.25, -0.2) is 0 Å². The molecule has 0 aromatic heterocycles. The molecule has 3 N–H and O–H groups in total. The van der Waals surface area contributed by atoms with Gasteiger partial charge in [0.1, 0.15) is 0 Å². The van der Waals surface area contributed by atoms with Crippen molar-refractivity contribution >= 4 is 23.2 Å². The van der Waals surface area contributed by atoms with E-state index < -0.39 is 0 Å². The van der Waals surface area contributed by atoms with Crippen LogP contribution in [0, 0.1) is 11.8 Å². The summed E-state index contributed by atoms with van der Waals surface area (Å²) in [5.74, 6) is 0.335. The van der Waals surface area contributed by atoms with Gasteiger partial charge in [0, 0.05) is 35.9 Å². The fourth-order valence-electron chi connectivity index (χ4n) is 2.72. The zero-order chi connectivity index (χ0) is 15.4. The molecule has 21 heavy (non-hydrogen) atoms. The smallest absolute Gasteiger partial charge is 0.222 e. The van der Waals surface area contributed by atoms with Crippen molar-refractivity contribution in [3.8, 4) is 0 Å². The molecule has 0 aliphatic carbocycles. The van der Waals surface area contributed by atoms with Crippen molar-refractivity contribution in [1.29, 1.82) is 0 Å². The molecule has 1 fully saturated rings. The first kappa shape index (κ1) is 16.1. The van der Waals surface area contributed by atoms with Crippen LogP contribution in [0.4, 0.5) is 5.69 Å². The van der Waals surface area contributed by atoms with Crippen molar-refractivity contribution in [2.24, 2.45) is 17.6 Å². The van der Waals surface area contributed by atoms with Crippen LogP contribution in [0.15, 0.2) is 18.2 Å². The van der Waals surface area contributed by atoms with Crippen LogP contribution in [0.3, 0.4) is 0 Å². The highest BCUT2D eigenvalue weighted by Crippen LogP contribution is 2.31. The Bertz CT molecular complexity index is 504. The maximum atomic E-state index is 11.3. The summed E-state index contributed by atoms with van der Waals surface area (Å²) in [5, 5.41) is 4.21. The molecule has 1 heterocycles. The van der Waals surface area contributed by atoms with Gasteiger partial charge >= 0.3 is 0 Å². The normalized spacial score (nSPS) is 18.5. The van der Waals surface area contributed by atoms with E-state index in [0.717, 1.165) is 42.3 Å². The van der Waals surface area contributed by atoms with E-state index in [1.54, 1.807) is 0 Å². The number of hydrogen-bond donors (Lipinski definition) is 2. The van der Waals surface area contributed by atoms with E-state index in [1.165, 1.54) is 0 Å². The van der Waals surface area contributed by atoms with Crippen molar-refractivity contribution < 1.29 is 4.79 Å². The molecular formula is C16H24ClN3O. The van der Waals surface area contributed by atoms with E-state index in [0.29, 0.717) is 12.5 Å². The molecule has 2 rings (SSSR count). The van der Waals surface area contributed by atoms with Crippen LogP contribution in [0.2, 0.25) is 5.02 Å². The Morgan fingerprint density at radius 2 is 2.29 bits per heavy atom. The van der Waals surface area contributed by atoms with Gasteiger partial charge in [0.25, 0.3) is 0 Å². The van der Waals surface area contributed by atoms with Crippen molar-refractivity contribution in [2.45, 2.75) is 26.8 Å². The Hall–Kier alpha value is -1.26. The van der Waals surface area contributed by atoms with E-state index in [2.05, 4.69) is 30.1 Å². The van der Waals surface area contributed by atoms with Crippen molar-refractivity contribution in [1.82, 2.24) is 5.32 Å². The van der Waals surface area contributed by atoms with E-state index in [9.17, 15) is 4.79 Å². The number of benzene rings is 1. The van der Waals surface area contributed by atoms with Gasteiger partial charge in [0.2, 0.25) is 5.91 Å². The number of amides is 1. The summed E-state index contributed by atoms with van der Waals surface area (Å²) < 4.78 is 0. The fourth-order valence-corrected chi connectivity index (χ4v) is 2.95. The van der Waals surface area contributed by atoms with Crippen molar-refractivity contribution in [3.63, 3.8) is 0 Å².